The number of aromatic nitrogens is 2. The summed E-state index contributed by atoms with van der Waals surface area (Å²) >= 11 is 0. The van der Waals surface area contributed by atoms with Gasteiger partial charge in [-0.2, -0.15) is 0 Å². The van der Waals surface area contributed by atoms with Crippen molar-refractivity contribution < 1.29 is 0 Å². The van der Waals surface area contributed by atoms with Crippen LogP contribution in [0.5, 0.6) is 0 Å². The summed E-state index contributed by atoms with van der Waals surface area (Å²) in [6, 6.07) is 6.83. The Bertz CT molecular complexity index is 532. The Labute approximate surface area is 109 Å². The van der Waals surface area contributed by atoms with Gasteiger partial charge in [0, 0.05) is 6.04 Å². The van der Waals surface area contributed by atoms with Crippen LogP contribution in [0.15, 0.2) is 18.2 Å². The Morgan fingerprint density at radius 3 is 2.61 bits per heavy atom. The van der Waals surface area contributed by atoms with E-state index >= 15 is 0 Å². The summed E-state index contributed by atoms with van der Waals surface area (Å²) in [6.07, 6.45) is 0. The lowest BCUT2D eigenvalue weighted by molar-refractivity contribution is 0.575. The van der Waals surface area contributed by atoms with Crippen LogP contribution in [0.2, 0.25) is 0 Å². The van der Waals surface area contributed by atoms with Crippen molar-refractivity contribution in [3.05, 3.63) is 29.6 Å². The monoisotopic (exact) mass is 245 g/mol. The van der Waals surface area contributed by atoms with Crippen molar-refractivity contribution in [2.75, 3.05) is 0 Å². The summed E-state index contributed by atoms with van der Waals surface area (Å²) in [6.45, 7) is 11.7. The molecule has 1 heterocycles. The quantitative estimate of drug-likeness (QED) is 0.870. The maximum atomic E-state index is 4.73. The highest BCUT2D eigenvalue weighted by molar-refractivity contribution is 5.79. The molecule has 2 rings (SSSR count). The minimum Gasteiger partial charge on any atom is -0.341 e. The van der Waals surface area contributed by atoms with E-state index in [1.165, 1.54) is 5.56 Å². The number of fused-ring (bicyclic) bond motifs is 1. The zero-order valence-electron chi connectivity index (χ0n) is 12.0. The summed E-state index contributed by atoms with van der Waals surface area (Å²) in [5, 5.41) is 3.39. The molecule has 0 aliphatic carbocycles. The molecule has 0 fully saturated rings. The molecule has 18 heavy (non-hydrogen) atoms. The van der Waals surface area contributed by atoms with Crippen LogP contribution in [0.3, 0.4) is 0 Å². The second kappa shape index (κ2) is 4.73. The number of nitrogens with zero attached hydrogens (tertiary/aromatic N) is 1. The highest BCUT2D eigenvalue weighted by Gasteiger charge is 2.18. The molecule has 3 heteroatoms. The number of aromatic amines is 1. The standard InChI is InChI=1S/C15H23N3/c1-10(2)16-9-13-17-12-8-6-7-11(14(12)18-13)15(3,4)5/h6-8,10,16H,9H2,1-5H3,(H,17,18). The van der Waals surface area contributed by atoms with E-state index in [4.69, 9.17) is 4.98 Å². The number of rotatable bonds is 3. The molecule has 2 aromatic rings. The van der Waals surface area contributed by atoms with E-state index in [1.54, 1.807) is 0 Å². The van der Waals surface area contributed by atoms with Crippen LogP contribution in [0.25, 0.3) is 11.0 Å². The molecule has 0 bridgehead atoms. The number of hydrogen-bond acceptors (Lipinski definition) is 2. The molecular formula is C15H23N3. The molecule has 0 unspecified atom stereocenters. The van der Waals surface area contributed by atoms with Gasteiger partial charge in [0.25, 0.3) is 0 Å². The average molecular weight is 245 g/mol. The van der Waals surface area contributed by atoms with Crippen LogP contribution in [0.4, 0.5) is 0 Å². The first-order valence-corrected chi connectivity index (χ1v) is 6.59. The van der Waals surface area contributed by atoms with E-state index in [-0.39, 0.29) is 5.41 Å². The van der Waals surface area contributed by atoms with Gasteiger partial charge >= 0.3 is 0 Å². The van der Waals surface area contributed by atoms with Gasteiger partial charge in [-0.25, -0.2) is 4.98 Å². The van der Waals surface area contributed by atoms with Crippen molar-refractivity contribution in [2.45, 2.75) is 52.6 Å². The smallest absolute Gasteiger partial charge is 0.121 e. The first-order valence-electron chi connectivity index (χ1n) is 6.59. The third kappa shape index (κ3) is 2.72. The summed E-state index contributed by atoms with van der Waals surface area (Å²) in [4.78, 5) is 8.12. The molecule has 98 valence electrons. The Morgan fingerprint density at radius 1 is 1.28 bits per heavy atom. The van der Waals surface area contributed by atoms with Gasteiger partial charge in [-0.15, -0.1) is 0 Å². The number of para-hydroxylation sites is 1. The lowest BCUT2D eigenvalue weighted by atomic mass is 9.86. The van der Waals surface area contributed by atoms with E-state index in [2.05, 4.69) is 63.1 Å². The minimum atomic E-state index is 0.122. The SMILES string of the molecule is CC(C)NCc1nc2c(C(C)(C)C)cccc2[nH]1. The van der Waals surface area contributed by atoms with Crippen LogP contribution in [-0.2, 0) is 12.0 Å². The van der Waals surface area contributed by atoms with Crippen molar-refractivity contribution >= 4 is 11.0 Å². The lowest BCUT2D eigenvalue weighted by Gasteiger charge is -2.19. The van der Waals surface area contributed by atoms with Crippen molar-refractivity contribution in [3.8, 4) is 0 Å². The molecular weight excluding hydrogens is 222 g/mol. The van der Waals surface area contributed by atoms with Gasteiger partial charge in [0.2, 0.25) is 0 Å². The predicted octanol–water partition coefficient (Wildman–Crippen LogP) is 3.36. The molecule has 0 atom stereocenters. The third-order valence-electron chi connectivity index (χ3n) is 3.05. The van der Waals surface area contributed by atoms with E-state index in [9.17, 15) is 0 Å². The van der Waals surface area contributed by atoms with Crippen molar-refractivity contribution in [3.63, 3.8) is 0 Å². The van der Waals surface area contributed by atoms with Crippen molar-refractivity contribution in [1.82, 2.24) is 15.3 Å². The molecule has 1 aromatic carbocycles. The van der Waals surface area contributed by atoms with Crippen molar-refractivity contribution in [1.29, 1.82) is 0 Å². The molecule has 2 N–H and O–H groups in total. The fraction of sp³-hybridized carbons (Fsp3) is 0.533. The largest absolute Gasteiger partial charge is 0.341 e. The first-order chi connectivity index (χ1) is 8.38. The lowest BCUT2D eigenvalue weighted by Crippen LogP contribution is -2.22. The van der Waals surface area contributed by atoms with Crippen LogP contribution in [0.1, 0.15) is 46.0 Å². The molecule has 0 amide bonds. The van der Waals surface area contributed by atoms with E-state index < -0.39 is 0 Å². The van der Waals surface area contributed by atoms with Crippen LogP contribution in [0, 0.1) is 0 Å². The second-order valence-corrected chi connectivity index (χ2v) is 6.17. The summed E-state index contributed by atoms with van der Waals surface area (Å²) in [5.74, 6) is 1.01. The van der Waals surface area contributed by atoms with Gasteiger partial charge in [0.1, 0.15) is 5.82 Å². The van der Waals surface area contributed by atoms with Crippen molar-refractivity contribution in [2.24, 2.45) is 0 Å². The van der Waals surface area contributed by atoms with E-state index in [0.29, 0.717) is 6.04 Å². The second-order valence-electron chi connectivity index (χ2n) is 6.17. The number of H-pyrrole nitrogens is 1. The molecule has 0 saturated heterocycles. The third-order valence-corrected chi connectivity index (χ3v) is 3.05. The van der Waals surface area contributed by atoms with Gasteiger partial charge in [-0.05, 0) is 17.0 Å². The van der Waals surface area contributed by atoms with E-state index in [1.807, 2.05) is 0 Å². The fourth-order valence-electron chi connectivity index (χ4n) is 2.07. The molecule has 0 saturated carbocycles. The van der Waals surface area contributed by atoms with E-state index in [0.717, 1.165) is 23.4 Å². The summed E-state index contributed by atoms with van der Waals surface area (Å²) in [5.41, 5.74) is 3.65. The Hall–Kier alpha value is -1.35. The van der Waals surface area contributed by atoms with Crippen LogP contribution >= 0.6 is 0 Å². The minimum absolute atomic E-state index is 0.122. The first kappa shape index (κ1) is 13.1. The fourth-order valence-corrected chi connectivity index (χ4v) is 2.07. The molecule has 3 nitrogen and oxygen atoms in total. The zero-order chi connectivity index (χ0) is 13.3. The molecule has 0 spiro atoms. The number of imidazole rings is 1. The number of hydrogen-bond donors (Lipinski definition) is 2. The number of benzene rings is 1. The zero-order valence-corrected chi connectivity index (χ0v) is 12.0. The average Bonchev–Trinajstić information content (AvgIpc) is 2.66. The summed E-state index contributed by atoms with van der Waals surface area (Å²) < 4.78 is 0. The van der Waals surface area contributed by atoms with Gasteiger partial charge in [0.05, 0.1) is 17.6 Å². The maximum absolute atomic E-state index is 4.73. The molecule has 0 aliphatic rings. The highest BCUT2D eigenvalue weighted by Crippen LogP contribution is 2.28. The van der Waals surface area contributed by atoms with Crippen LogP contribution < -0.4 is 5.32 Å². The molecule has 0 aliphatic heterocycles. The van der Waals surface area contributed by atoms with Gasteiger partial charge in [-0.3, -0.25) is 0 Å². The van der Waals surface area contributed by atoms with Gasteiger partial charge < -0.3 is 10.3 Å². The highest BCUT2D eigenvalue weighted by atomic mass is 15.0. The molecule has 1 aromatic heterocycles. The Balaban J connectivity index is 2.39. The predicted molar refractivity (Wildman–Crippen MR) is 76.8 cm³/mol. The van der Waals surface area contributed by atoms with Crippen LogP contribution in [-0.4, -0.2) is 16.0 Å². The summed E-state index contributed by atoms with van der Waals surface area (Å²) in [7, 11) is 0. The maximum Gasteiger partial charge on any atom is 0.121 e. The Kier molecular flexibility index (Phi) is 3.44. The normalized spacial score (nSPS) is 12.6. The topological polar surface area (TPSA) is 40.7 Å². The molecule has 0 radical (unpaired) electrons. The van der Waals surface area contributed by atoms with Gasteiger partial charge in [-0.1, -0.05) is 46.8 Å². The van der Waals surface area contributed by atoms with Gasteiger partial charge in [0.15, 0.2) is 0 Å². The number of nitrogens with one attached hydrogen (secondary N) is 2. The Morgan fingerprint density at radius 2 is 2.00 bits per heavy atom.